The van der Waals surface area contributed by atoms with Crippen LogP contribution in [-0.2, 0) is 18.2 Å². The predicted octanol–water partition coefficient (Wildman–Crippen LogP) is 4.35. The first-order valence-electron chi connectivity index (χ1n) is 11.4. The summed E-state index contributed by atoms with van der Waals surface area (Å²) in [6.07, 6.45) is 2.94. The molecule has 1 unspecified atom stereocenters. The van der Waals surface area contributed by atoms with Gasteiger partial charge in [-0.3, -0.25) is 9.59 Å². The lowest BCUT2D eigenvalue weighted by atomic mass is 10.2. The molecule has 0 bridgehead atoms. The summed E-state index contributed by atoms with van der Waals surface area (Å²) < 4.78 is 34.4. The van der Waals surface area contributed by atoms with E-state index in [4.69, 9.17) is 4.74 Å². The second kappa shape index (κ2) is 10.1. The number of amides is 1. The Morgan fingerprint density at radius 1 is 1.08 bits per heavy atom. The van der Waals surface area contributed by atoms with Gasteiger partial charge in [-0.15, -0.1) is 0 Å². The summed E-state index contributed by atoms with van der Waals surface area (Å²) in [5.74, 6) is -0.0109. The average molecular weight is 532 g/mol. The maximum Gasteiger partial charge on any atom is 0.276 e. The Hall–Kier alpha value is -4.48. The minimum atomic E-state index is -1.45. The van der Waals surface area contributed by atoms with Crippen molar-refractivity contribution in [3.8, 4) is 17.2 Å². The fourth-order valence-electron chi connectivity index (χ4n) is 3.81. The Bertz CT molecular complexity index is 1730. The van der Waals surface area contributed by atoms with Gasteiger partial charge in [0.05, 0.1) is 22.9 Å². The molecule has 9 nitrogen and oxygen atoms in total. The van der Waals surface area contributed by atoms with E-state index in [0.29, 0.717) is 38.8 Å². The lowest BCUT2D eigenvalue weighted by Crippen LogP contribution is -2.16. The van der Waals surface area contributed by atoms with E-state index in [9.17, 15) is 18.5 Å². The van der Waals surface area contributed by atoms with E-state index in [0.717, 1.165) is 5.56 Å². The predicted molar refractivity (Wildman–Crippen MR) is 142 cm³/mol. The van der Waals surface area contributed by atoms with Crippen LogP contribution in [-0.4, -0.2) is 36.0 Å². The summed E-state index contributed by atoms with van der Waals surface area (Å²) in [5, 5.41) is 7.80. The van der Waals surface area contributed by atoms with Gasteiger partial charge in [0.2, 0.25) is 5.03 Å². The number of nitrogens with zero attached hydrogens (tertiary/aromatic N) is 4. The smallest absolute Gasteiger partial charge is 0.276 e. The number of hydrogen-bond acceptors (Lipinski definition) is 6. The summed E-state index contributed by atoms with van der Waals surface area (Å²) in [4.78, 5) is 29.7. The Balaban J connectivity index is 1.40. The van der Waals surface area contributed by atoms with Crippen molar-refractivity contribution in [2.45, 2.75) is 11.9 Å². The number of carbonyl (C=O) groups is 1. The van der Waals surface area contributed by atoms with Gasteiger partial charge in [0.25, 0.3) is 11.5 Å². The molecule has 1 N–H and O–H groups in total. The first-order chi connectivity index (χ1) is 18.2. The molecule has 0 saturated heterocycles. The van der Waals surface area contributed by atoms with Crippen LogP contribution in [0.15, 0.2) is 82.9 Å². The molecule has 2 heterocycles. The summed E-state index contributed by atoms with van der Waals surface area (Å²) in [6.45, 7) is 1.86. The van der Waals surface area contributed by atoms with E-state index in [2.05, 4.69) is 15.4 Å². The Kier molecular flexibility index (Phi) is 6.70. The molecule has 5 rings (SSSR count). The lowest BCUT2D eigenvalue weighted by molar-refractivity contribution is 0.102. The van der Waals surface area contributed by atoms with Crippen LogP contribution in [0.1, 0.15) is 16.1 Å². The normalized spacial score (nSPS) is 11.9. The van der Waals surface area contributed by atoms with Crippen LogP contribution in [0, 0.1) is 12.7 Å². The highest BCUT2D eigenvalue weighted by Gasteiger charge is 2.22. The van der Waals surface area contributed by atoms with Crippen LogP contribution in [0.4, 0.5) is 10.1 Å². The summed E-state index contributed by atoms with van der Waals surface area (Å²) in [7, 11) is 1.63. The molecule has 0 aliphatic carbocycles. The molecule has 0 spiro atoms. The second-order valence-electron chi connectivity index (χ2n) is 8.59. The quantitative estimate of drug-likeness (QED) is 0.326. The molecular weight excluding hydrogens is 509 g/mol. The Morgan fingerprint density at radius 3 is 2.58 bits per heavy atom. The molecule has 1 atom stereocenters. The summed E-state index contributed by atoms with van der Waals surface area (Å²) in [6, 6.07) is 17.2. The van der Waals surface area contributed by atoms with Gasteiger partial charge in [-0.1, -0.05) is 6.07 Å². The maximum absolute atomic E-state index is 13.4. The van der Waals surface area contributed by atoms with Crippen LogP contribution in [0.5, 0.6) is 11.5 Å². The van der Waals surface area contributed by atoms with Crippen molar-refractivity contribution in [1.29, 1.82) is 0 Å². The maximum atomic E-state index is 13.4. The van der Waals surface area contributed by atoms with E-state index < -0.39 is 22.9 Å². The molecule has 0 aliphatic rings. The van der Waals surface area contributed by atoms with Gasteiger partial charge in [-0.2, -0.15) is 9.78 Å². The van der Waals surface area contributed by atoms with Crippen molar-refractivity contribution in [3.05, 3.63) is 100 Å². The molecule has 1 amide bonds. The zero-order chi connectivity index (χ0) is 27.0. The molecular formula is C27H22FN5O4S. The van der Waals surface area contributed by atoms with Gasteiger partial charge in [0.15, 0.2) is 5.69 Å². The fourth-order valence-corrected chi connectivity index (χ4v) is 4.48. The number of ether oxygens (including phenoxy) is 1. The van der Waals surface area contributed by atoms with Gasteiger partial charge in [0.1, 0.15) is 23.6 Å². The molecule has 0 saturated carbocycles. The first-order valence-corrected chi connectivity index (χ1v) is 13.0. The molecule has 0 radical (unpaired) electrons. The highest BCUT2D eigenvalue weighted by molar-refractivity contribution is 7.90. The SMILES string of the molecule is Cc1ccc(NC(=O)c2cc([S+](C)[O-])n(-c3ccc(F)cc3)n2)cc1Oc1ccc2ncn(C)c(=O)c2c1. The van der Waals surface area contributed by atoms with Crippen molar-refractivity contribution in [3.63, 3.8) is 0 Å². The number of carbonyl (C=O) groups excluding carboxylic acids is 1. The highest BCUT2D eigenvalue weighted by atomic mass is 32.2. The Labute approximate surface area is 219 Å². The topological polar surface area (TPSA) is 114 Å². The molecule has 2 aromatic heterocycles. The molecule has 0 aliphatic heterocycles. The lowest BCUT2D eigenvalue weighted by Gasteiger charge is -2.12. The monoisotopic (exact) mass is 531 g/mol. The van der Waals surface area contributed by atoms with Crippen LogP contribution >= 0.6 is 0 Å². The van der Waals surface area contributed by atoms with Crippen molar-refractivity contribution < 1.29 is 18.5 Å². The standard InChI is InChI=1S/C27H22FN5O4S/c1-16-4-7-18(12-24(16)37-20-10-11-22-21(13-20)27(35)32(2)15-29-22)30-26(34)23-14-25(38(3)36)33(31-23)19-8-5-17(28)6-9-19/h4-15H,1-3H3,(H,30,34). The third-order valence-corrected chi connectivity index (χ3v) is 6.72. The number of fused-ring (bicyclic) bond motifs is 1. The van der Waals surface area contributed by atoms with Crippen molar-refractivity contribution in [2.24, 2.45) is 7.05 Å². The minimum Gasteiger partial charge on any atom is -0.610 e. The number of aromatic nitrogens is 4. The van der Waals surface area contributed by atoms with Gasteiger partial charge in [-0.25, -0.2) is 9.37 Å². The van der Waals surface area contributed by atoms with Crippen molar-refractivity contribution >= 4 is 33.7 Å². The van der Waals surface area contributed by atoms with Crippen LogP contribution in [0.3, 0.4) is 0 Å². The number of anilines is 1. The van der Waals surface area contributed by atoms with E-state index in [-0.39, 0.29) is 11.3 Å². The van der Waals surface area contributed by atoms with Crippen LogP contribution < -0.4 is 15.6 Å². The van der Waals surface area contributed by atoms with Crippen molar-refractivity contribution in [2.75, 3.05) is 11.6 Å². The molecule has 0 fully saturated rings. The molecule has 5 aromatic rings. The van der Waals surface area contributed by atoms with Gasteiger partial charge >= 0.3 is 0 Å². The zero-order valence-corrected chi connectivity index (χ0v) is 21.5. The highest BCUT2D eigenvalue weighted by Crippen LogP contribution is 2.29. The average Bonchev–Trinajstić information content (AvgIpc) is 3.35. The number of halogens is 1. The third-order valence-electron chi connectivity index (χ3n) is 5.84. The first kappa shape index (κ1) is 25.2. The van der Waals surface area contributed by atoms with Gasteiger partial charge in [-0.05, 0) is 61.0 Å². The molecule has 38 heavy (non-hydrogen) atoms. The third kappa shape index (κ3) is 5.01. The summed E-state index contributed by atoms with van der Waals surface area (Å²) >= 11 is -1.45. The fraction of sp³-hybridized carbons (Fsp3) is 0.111. The molecule has 192 valence electrons. The number of hydrogen-bond donors (Lipinski definition) is 1. The number of aryl methyl sites for hydroxylation is 2. The Morgan fingerprint density at radius 2 is 1.84 bits per heavy atom. The van der Waals surface area contributed by atoms with Crippen LogP contribution in [0.25, 0.3) is 16.6 Å². The van der Waals surface area contributed by atoms with Gasteiger partial charge in [0, 0.05) is 36.0 Å². The van der Waals surface area contributed by atoms with Gasteiger partial charge < -0.3 is 19.2 Å². The van der Waals surface area contributed by atoms with E-state index in [1.165, 1.54) is 52.2 Å². The zero-order valence-electron chi connectivity index (χ0n) is 20.6. The largest absolute Gasteiger partial charge is 0.610 e. The number of rotatable bonds is 6. The minimum absolute atomic E-state index is 0.0421. The second-order valence-corrected chi connectivity index (χ2v) is 9.91. The molecule has 11 heteroatoms. The molecule has 3 aromatic carbocycles. The summed E-state index contributed by atoms with van der Waals surface area (Å²) in [5.41, 5.74) is 2.15. The van der Waals surface area contributed by atoms with Crippen molar-refractivity contribution in [1.82, 2.24) is 19.3 Å². The van der Waals surface area contributed by atoms with Crippen LogP contribution in [0.2, 0.25) is 0 Å². The van der Waals surface area contributed by atoms with E-state index in [1.807, 2.05) is 6.92 Å². The van der Waals surface area contributed by atoms with E-state index in [1.54, 1.807) is 43.4 Å². The number of nitrogens with one attached hydrogen (secondary N) is 1. The van der Waals surface area contributed by atoms with E-state index >= 15 is 0 Å². The number of benzene rings is 3.